The van der Waals surface area contributed by atoms with Gasteiger partial charge < -0.3 is 5.11 Å². The molecule has 0 amide bonds. The molecule has 0 unspecified atom stereocenters. The van der Waals surface area contributed by atoms with Gasteiger partial charge in [-0.2, -0.15) is 4.72 Å². The van der Waals surface area contributed by atoms with E-state index in [0.29, 0.717) is 0 Å². The first-order chi connectivity index (χ1) is 9.81. The number of aliphatic carboxylic acids is 1. The maximum atomic E-state index is 12.4. The molecule has 2 N–H and O–H groups in total. The van der Waals surface area contributed by atoms with Crippen LogP contribution in [0.5, 0.6) is 0 Å². The first-order valence-corrected chi connectivity index (χ1v) is 8.66. The van der Waals surface area contributed by atoms with E-state index in [1.807, 2.05) is 6.07 Å². The molecule has 0 saturated carbocycles. The van der Waals surface area contributed by atoms with Gasteiger partial charge in [0.2, 0.25) is 10.0 Å². The number of fused-ring (bicyclic) bond motifs is 1. The molecule has 0 fully saturated rings. The van der Waals surface area contributed by atoms with Crippen LogP contribution in [0.3, 0.4) is 0 Å². The molecular formula is C15H21NO4S. The van der Waals surface area contributed by atoms with Gasteiger partial charge in [-0.05, 0) is 54.9 Å². The van der Waals surface area contributed by atoms with Crippen molar-refractivity contribution in [1.29, 1.82) is 0 Å². The number of nitrogens with one attached hydrogen (secondary N) is 1. The fourth-order valence-corrected chi connectivity index (χ4v) is 3.97. The van der Waals surface area contributed by atoms with Gasteiger partial charge in [-0.1, -0.05) is 19.9 Å². The average Bonchev–Trinajstić information content (AvgIpc) is 2.43. The SMILES string of the molecule is CC(C)[C@H](NS(=O)(=O)c1ccc2c(c1)CCCC2)C(=O)O. The Hall–Kier alpha value is -1.40. The van der Waals surface area contributed by atoms with E-state index in [1.165, 1.54) is 5.56 Å². The molecule has 0 heterocycles. The van der Waals surface area contributed by atoms with Crippen LogP contribution in [0, 0.1) is 5.92 Å². The van der Waals surface area contributed by atoms with Gasteiger partial charge in [-0.15, -0.1) is 0 Å². The third-order valence-electron chi connectivity index (χ3n) is 3.85. The van der Waals surface area contributed by atoms with Gasteiger partial charge in [0.1, 0.15) is 6.04 Å². The van der Waals surface area contributed by atoms with Crippen molar-refractivity contribution in [2.75, 3.05) is 0 Å². The Balaban J connectivity index is 2.29. The molecule has 1 aliphatic rings. The molecule has 6 heteroatoms. The minimum atomic E-state index is -3.81. The first kappa shape index (κ1) is 16.0. The second kappa shape index (κ2) is 6.15. The maximum Gasteiger partial charge on any atom is 0.322 e. The highest BCUT2D eigenvalue weighted by molar-refractivity contribution is 7.89. The Kier molecular flexibility index (Phi) is 4.68. The van der Waals surface area contributed by atoms with Gasteiger partial charge in [0.25, 0.3) is 0 Å². The molecule has 21 heavy (non-hydrogen) atoms. The Morgan fingerprint density at radius 2 is 1.81 bits per heavy atom. The van der Waals surface area contributed by atoms with Gasteiger partial charge in [-0.3, -0.25) is 4.79 Å². The number of carboxylic acid groups (broad SMARTS) is 1. The van der Waals surface area contributed by atoms with E-state index in [4.69, 9.17) is 5.11 Å². The number of carbonyl (C=O) groups is 1. The van der Waals surface area contributed by atoms with Crippen molar-refractivity contribution in [2.24, 2.45) is 5.92 Å². The molecule has 0 radical (unpaired) electrons. The molecule has 0 aromatic heterocycles. The average molecular weight is 311 g/mol. The van der Waals surface area contributed by atoms with Gasteiger partial charge >= 0.3 is 5.97 Å². The summed E-state index contributed by atoms with van der Waals surface area (Å²) in [6, 6.07) is 3.96. The lowest BCUT2D eigenvalue weighted by Crippen LogP contribution is -2.44. The Labute approximate surface area is 125 Å². The summed E-state index contributed by atoms with van der Waals surface area (Å²) in [5.41, 5.74) is 2.25. The lowest BCUT2D eigenvalue weighted by Gasteiger charge is -2.20. The normalized spacial score (nSPS) is 16.5. The van der Waals surface area contributed by atoms with Crippen LogP contribution in [0.1, 0.15) is 37.8 Å². The van der Waals surface area contributed by atoms with Gasteiger partial charge in [-0.25, -0.2) is 8.42 Å². The molecular weight excluding hydrogens is 290 g/mol. The third kappa shape index (κ3) is 3.63. The summed E-state index contributed by atoms with van der Waals surface area (Å²) in [4.78, 5) is 11.3. The third-order valence-corrected chi connectivity index (χ3v) is 5.28. The fraction of sp³-hybridized carbons (Fsp3) is 0.533. The quantitative estimate of drug-likeness (QED) is 0.870. The Morgan fingerprint density at radius 3 is 2.38 bits per heavy atom. The first-order valence-electron chi connectivity index (χ1n) is 7.18. The van der Waals surface area contributed by atoms with Crippen LogP contribution in [0.25, 0.3) is 0 Å². The molecule has 1 atom stereocenters. The van der Waals surface area contributed by atoms with Crippen molar-refractivity contribution >= 4 is 16.0 Å². The van der Waals surface area contributed by atoms with Crippen LogP contribution < -0.4 is 4.72 Å². The number of hydrogen-bond acceptors (Lipinski definition) is 3. The van der Waals surface area contributed by atoms with Crippen molar-refractivity contribution in [2.45, 2.75) is 50.5 Å². The largest absolute Gasteiger partial charge is 0.480 e. The Bertz CT molecular complexity index is 637. The summed E-state index contributed by atoms with van der Waals surface area (Å²) in [5, 5.41) is 9.12. The second-order valence-electron chi connectivity index (χ2n) is 5.82. The van der Waals surface area contributed by atoms with Crippen molar-refractivity contribution in [3.63, 3.8) is 0 Å². The number of benzene rings is 1. The lowest BCUT2D eigenvalue weighted by atomic mass is 9.92. The van der Waals surface area contributed by atoms with E-state index in [0.717, 1.165) is 31.2 Å². The monoisotopic (exact) mass is 311 g/mol. The molecule has 0 saturated heterocycles. The molecule has 0 spiro atoms. The van der Waals surface area contributed by atoms with Crippen molar-refractivity contribution in [3.05, 3.63) is 29.3 Å². The lowest BCUT2D eigenvalue weighted by molar-refractivity contribution is -0.140. The summed E-state index contributed by atoms with van der Waals surface area (Å²) < 4.78 is 27.0. The highest BCUT2D eigenvalue weighted by atomic mass is 32.2. The fourth-order valence-electron chi connectivity index (χ4n) is 2.58. The highest BCUT2D eigenvalue weighted by Crippen LogP contribution is 2.24. The van der Waals surface area contributed by atoms with Crippen LogP contribution in [-0.2, 0) is 27.7 Å². The van der Waals surface area contributed by atoms with E-state index >= 15 is 0 Å². The van der Waals surface area contributed by atoms with E-state index < -0.39 is 22.0 Å². The minimum absolute atomic E-state index is 0.148. The predicted octanol–water partition coefficient (Wildman–Crippen LogP) is 1.95. The zero-order chi connectivity index (χ0) is 15.6. The summed E-state index contributed by atoms with van der Waals surface area (Å²) >= 11 is 0. The van der Waals surface area contributed by atoms with Crippen molar-refractivity contribution in [3.8, 4) is 0 Å². The van der Waals surface area contributed by atoms with Crippen LogP contribution in [-0.4, -0.2) is 25.5 Å². The molecule has 116 valence electrons. The van der Waals surface area contributed by atoms with E-state index in [1.54, 1.807) is 26.0 Å². The molecule has 0 bridgehead atoms. The summed E-state index contributed by atoms with van der Waals surface area (Å²) in [6.07, 6.45) is 4.05. The standard InChI is InChI=1S/C15H21NO4S/c1-10(2)14(15(17)18)16-21(19,20)13-8-7-11-5-3-4-6-12(11)9-13/h7-10,14,16H,3-6H2,1-2H3,(H,17,18)/t14-/m0/s1. The number of carboxylic acids is 1. The zero-order valence-electron chi connectivity index (χ0n) is 12.3. The second-order valence-corrected chi connectivity index (χ2v) is 7.53. The van der Waals surface area contributed by atoms with E-state index in [2.05, 4.69) is 4.72 Å². The summed E-state index contributed by atoms with van der Waals surface area (Å²) in [6.45, 7) is 3.35. The molecule has 1 aromatic rings. The van der Waals surface area contributed by atoms with Crippen LogP contribution in [0.2, 0.25) is 0 Å². The van der Waals surface area contributed by atoms with Crippen LogP contribution >= 0.6 is 0 Å². The number of hydrogen-bond donors (Lipinski definition) is 2. The van der Waals surface area contributed by atoms with Gasteiger partial charge in [0, 0.05) is 0 Å². The van der Waals surface area contributed by atoms with Crippen molar-refractivity contribution < 1.29 is 18.3 Å². The Morgan fingerprint density at radius 1 is 1.19 bits per heavy atom. The number of sulfonamides is 1. The van der Waals surface area contributed by atoms with Crippen molar-refractivity contribution in [1.82, 2.24) is 4.72 Å². The van der Waals surface area contributed by atoms with Crippen LogP contribution in [0.4, 0.5) is 0 Å². The predicted molar refractivity (Wildman–Crippen MR) is 79.7 cm³/mol. The molecule has 0 aliphatic heterocycles. The van der Waals surface area contributed by atoms with E-state index in [9.17, 15) is 13.2 Å². The molecule has 2 rings (SSSR count). The summed E-state index contributed by atoms with van der Waals surface area (Å²) in [5.74, 6) is -1.48. The van der Waals surface area contributed by atoms with E-state index in [-0.39, 0.29) is 10.8 Å². The highest BCUT2D eigenvalue weighted by Gasteiger charge is 2.28. The summed E-state index contributed by atoms with van der Waals surface area (Å²) in [7, 11) is -3.81. The molecule has 1 aromatic carbocycles. The minimum Gasteiger partial charge on any atom is -0.480 e. The van der Waals surface area contributed by atoms with Gasteiger partial charge in [0.15, 0.2) is 0 Å². The van der Waals surface area contributed by atoms with Gasteiger partial charge in [0.05, 0.1) is 4.90 Å². The number of rotatable bonds is 5. The molecule has 5 nitrogen and oxygen atoms in total. The van der Waals surface area contributed by atoms with Crippen LogP contribution in [0.15, 0.2) is 23.1 Å². The topological polar surface area (TPSA) is 83.5 Å². The zero-order valence-corrected chi connectivity index (χ0v) is 13.1. The number of aryl methyl sites for hydroxylation is 2. The maximum absolute atomic E-state index is 12.4. The smallest absolute Gasteiger partial charge is 0.322 e. The molecule has 1 aliphatic carbocycles.